The first-order valence-electron chi connectivity index (χ1n) is 15.2. The van der Waals surface area contributed by atoms with E-state index in [4.69, 9.17) is 23.8 Å². The number of fused-ring (bicyclic) bond motifs is 4. The summed E-state index contributed by atoms with van der Waals surface area (Å²) in [5.74, 6) is 1.69. The summed E-state index contributed by atoms with van der Waals surface area (Å²) in [6.07, 6.45) is 1.83. The van der Waals surface area contributed by atoms with Gasteiger partial charge in [-0.3, -0.25) is 0 Å². The molecule has 0 aliphatic carbocycles. The number of nitrogens with zero attached hydrogens (tertiary/aromatic N) is 4. The summed E-state index contributed by atoms with van der Waals surface area (Å²) in [6.45, 7) is 0. The Morgan fingerprint density at radius 3 is 2.11 bits per heavy atom. The molecule has 0 unspecified atom stereocenters. The van der Waals surface area contributed by atoms with Gasteiger partial charge in [-0.15, -0.1) is 0 Å². The Bertz CT molecular complexity index is 2980. The van der Waals surface area contributed by atoms with Gasteiger partial charge in [-0.25, -0.2) is 19.9 Å². The van der Waals surface area contributed by atoms with Crippen molar-refractivity contribution in [2.75, 3.05) is 0 Å². The number of furan rings is 2. The third-order valence-corrected chi connectivity index (χ3v) is 9.31. The first-order valence-corrected chi connectivity index (χ1v) is 15.2. The SMILES string of the molecule is c1ccc(-c2nc(-c3cc4ccc5cccc6c7ccnc8oc3c(c87)c4c56)nc(-c3cccc4oc5ccccc5c34)n2)cc1. The van der Waals surface area contributed by atoms with Crippen LogP contribution in [0.3, 0.4) is 0 Å². The Hall–Kier alpha value is -6.40. The molecule has 4 heterocycles. The molecule has 4 aromatic heterocycles. The lowest BCUT2D eigenvalue weighted by Gasteiger charge is -2.14. The molecule has 0 saturated carbocycles. The van der Waals surface area contributed by atoms with Crippen LogP contribution < -0.4 is 0 Å². The van der Waals surface area contributed by atoms with Crippen molar-refractivity contribution in [2.24, 2.45) is 0 Å². The van der Waals surface area contributed by atoms with Gasteiger partial charge in [0.25, 0.3) is 0 Å². The second-order valence-corrected chi connectivity index (χ2v) is 11.8. The standard InChI is InChI=1S/C40H20N4O2/c1-2-8-22(9-3-1)37-42-38(27-13-7-15-30-33(27)26-11-4-5-14-29(26)45-30)44-39(43-37)28-20-23-17-16-21-10-6-12-24-25-18-19-41-40-34(25)35(36(28)46-40)32(23)31(21)24/h1-20H. The third kappa shape index (κ3) is 3.09. The van der Waals surface area contributed by atoms with Gasteiger partial charge in [-0.05, 0) is 51.2 Å². The summed E-state index contributed by atoms with van der Waals surface area (Å²) < 4.78 is 12.9. The van der Waals surface area contributed by atoms with E-state index in [1.807, 2.05) is 66.9 Å². The first kappa shape index (κ1) is 24.0. The fourth-order valence-electron chi connectivity index (χ4n) is 7.37. The molecule has 11 rings (SSSR count). The average molecular weight is 589 g/mol. The molecule has 212 valence electrons. The Balaban J connectivity index is 1.28. The Labute approximate surface area is 260 Å². The molecule has 0 aliphatic rings. The second kappa shape index (κ2) is 8.61. The van der Waals surface area contributed by atoms with E-state index in [1.165, 1.54) is 21.5 Å². The fraction of sp³-hybridized carbons (Fsp3) is 0. The zero-order valence-electron chi connectivity index (χ0n) is 24.2. The van der Waals surface area contributed by atoms with E-state index >= 15 is 0 Å². The van der Waals surface area contributed by atoms with Crippen molar-refractivity contribution >= 4 is 76.3 Å². The number of para-hydroxylation sites is 1. The molecule has 0 amide bonds. The molecule has 11 aromatic rings. The highest BCUT2D eigenvalue weighted by Crippen LogP contribution is 2.48. The summed E-state index contributed by atoms with van der Waals surface area (Å²) in [5.41, 5.74) is 5.54. The van der Waals surface area contributed by atoms with Crippen molar-refractivity contribution in [3.8, 4) is 34.2 Å². The van der Waals surface area contributed by atoms with Gasteiger partial charge in [0.1, 0.15) is 16.7 Å². The third-order valence-electron chi connectivity index (χ3n) is 9.31. The molecule has 0 atom stereocenters. The maximum absolute atomic E-state index is 6.65. The number of pyridine rings is 1. The predicted molar refractivity (Wildman–Crippen MR) is 183 cm³/mol. The minimum atomic E-state index is 0.537. The molecule has 0 bridgehead atoms. The largest absolute Gasteiger partial charge is 0.456 e. The highest BCUT2D eigenvalue weighted by atomic mass is 16.3. The van der Waals surface area contributed by atoms with E-state index in [0.29, 0.717) is 23.2 Å². The minimum Gasteiger partial charge on any atom is -0.456 e. The highest BCUT2D eigenvalue weighted by molar-refractivity contribution is 6.40. The molecule has 0 fully saturated rings. The zero-order valence-corrected chi connectivity index (χ0v) is 24.2. The van der Waals surface area contributed by atoms with Crippen molar-refractivity contribution in [1.82, 2.24) is 19.9 Å². The number of benzene rings is 7. The molecule has 0 spiro atoms. The number of rotatable bonds is 3. The lowest BCUT2D eigenvalue weighted by Crippen LogP contribution is -2.01. The van der Waals surface area contributed by atoms with E-state index < -0.39 is 0 Å². The van der Waals surface area contributed by atoms with Gasteiger partial charge in [-0.2, -0.15) is 0 Å². The van der Waals surface area contributed by atoms with Crippen molar-refractivity contribution in [3.05, 3.63) is 121 Å². The monoisotopic (exact) mass is 588 g/mol. The molecule has 6 nitrogen and oxygen atoms in total. The van der Waals surface area contributed by atoms with Crippen LogP contribution >= 0.6 is 0 Å². The van der Waals surface area contributed by atoms with Crippen LogP contribution in [0.15, 0.2) is 130 Å². The van der Waals surface area contributed by atoms with Crippen molar-refractivity contribution < 1.29 is 8.83 Å². The maximum atomic E-state index is 6.65. The molecule has 0 radical (unpaired) electrons. The minimum absolute atomic E-state index is 0.537. The Morgan fingerprint density at radius 1 is 0.435 bits per heavy atom. The van der Waals surface area contributed by atoms with Gasteiger partial charge in [0, 0.05) is 38.9 Å². The molecule has 7 aromatic carbocycles. The van der Waals surface area contributed by atoms with Gasteiger partial charge in [-0.1, -0.05) is 91.0 Å². The van der Waals surface area contributed by atoms with Gasteiger partial charge < -0.3 is 8.83 Å². The molecule has 0 saturated heterocycles. The number of aromatic nitrogens is 4. The summed E-state index contributed by atoms with van der Waals surface area (Å²) in [7, 11) is 0. The summed E-state index contributed by atoms with van der Waals surface area (Å²) in [5, 5.41) is 11.1. The smallest absolute Gasteiger partial charge is 0.227 e. The average Bonchev–Trinajstić information content (AvgIpc) is 3.70. The summed E-state index contributed by atoms with van der Waals surface area (Å²) in [6, 6.07) is 39.2. The molecule has 0 N–H and O–H groups in total. The topological polar surface area (TPSA) is 77.8 Å². The number of hydrogen-bond donors (Lipinski definition) is 0. The van der Waals surface area contributed by atoms with Gasteiger partial charge in [0.15, 0.2) is 17.5 Å². The quantitative estimate of drug-likeness (QED) is 0.151. The van der Waals surface area contributed by atoms with Crippen molar-refractivity contribution in [3.63, 3.8) is 0 Å². The van der Waals surface area contributed by atoms with E-state index in [0.717, 1.165) is 65.8 Å². The molecule has 46 heavy (non-hydrogen) atoms. The highest BCUT2D eigenvalue weighted by Gasteiger charge is 2.25. The van der Waals surface area contributed by atoms with Crippen LogP contribution in [0.25, 0.3) is 110 Å². The summed E-state index contributed by atoms with van der Waals surface area (Å²) >= 11 is 0. The van der Waals surface area contributed by atoms with Crippen LogP contribution in [-0.2, 0) is 0 Å². The molecular formula is C40H20N4O2. The van der Waals surface area contributed by atoms with Crippen LogP contribution in [0, 0.1) is 0 Å². The normalized spacial score (nSPS) is 12.3. The van der Waals surface area contributed by atoms with Crippen LogP contribution in [0.2, 0.25) is 0 Å². The van der Waals surface area contributed by atoms with Crippen LogP contribution in [0.4, 0.5) is 0 Å². The Morgan fingerprint density at radius 2 is 1.17 bits per heavy atom. The van der Waals surface area contributed by atoms with Gasteiger partial charge in [0.05, 0.1) is 10.9 Å². The summed E-state index contributed by atoms with van der Waals surface area (Å²) in [4.78, 5) is 20.0. The van der Waals surface area contributed by atoms with Crippen LogP contribution in [0.1, 0.15) is 0 Å². The van der Waals surface area contributed by atoms with Gasteiger partial charge >= 0.3 is 0 Å². The first-order chi connectivity index (χ1) is 22.8. The second-order valence-electron chi connectivity index (χ2n) is 11.8. The molecule has 6 heteroatoms. The van der Waals surface area contributed by atoms with Crippen molar-refractivity contribution in [2.45, 2.75) is 0 Å². The fourth-order valence-corrected chi connectivity index (χ4v) is 7.37. The zero-order chi connectivity index (χ0) is 29.9. The van der Waals surface area contributed by atoms with Crippen molar-refractivity contribution in [1.29, 1.82) is 0 Å². The van der Waals surface area contributed by atoms with E-state index in [2.05, 4.69) is 59.6 Å². The lowest BCUT2D eigenvalue weighted by molar-refractivity contribution is 0.655. The van der Waals surface area contributed by atoms with Crippen LogP contribution in [-0.4, -0.2) is 19.9 Å². The van der Waals surface area contributed by atoms with E-state index in [1.54, 1.807) is 0 Å². The van der Waals surface area contributed by atoms with Gasteiger partial charge in [0.2, 0.25) is 5.71 Å². The van der Waals surface area contributed by atoms with E-state index in [9.17, 15) is 0 Å². The lowest BCUT2D eigenvalue weighted by atomic mass is 9.89. The Kier molecular flexibility index (Phi) is 4.49. The molecular weight excluding hydrogens is 568 g/mol. The van der Waals surface area contributed by atoms with Crippen LogP contribution in [0.5, 0.6) is 0 Å². The van der Waals surface area contributed by atoms with E-state index in [-0.39, 0.29) is 0 Å². The predicted octanol–water partition coefficient (Wildman–Crippen LogP) is 10.4. The maximum Gasteiger partial charge on any atom is 0.227 e. The number of hydrogen-bond acceptors (Lipinski definition) is 6. The molecule has 0 aliphatic heterocycles.